The maximum Gasteiger partial charge on any atom is 0.217 e. The first-order valence-electron chi connectivity index (χ1n) is 13.0. The predicted molar refractivity (Wildman–Crippen MR) is 141 cm³/mol. The Hall–Kier alpha value is -2.39. The van der Waals surface area contributed by atoms with Crippen LogP contribution in [0.2, 0.25) is 0 Å². The van der Waals surface area contributed by atoms with E-state index in [9.17, 15) is 23.8 Å². The van der Waals surface area contributed by atoms with E-state index in [0.717, 1.165) is 37.6 Å². The molecule has 37 heavy (non-hydrogen) atoms. The number of piperidine rings is 1. The highest BCUT2D eigenvalue weighted by Crippen LogP contribution is 2.35. The highest BCUT2D eigenvalue weighted by atomic mass is 19.1. The molecule has 1 fully saturated rings. The lowest BCUT2D eigenvalue weighted by Crippen LogP contribution is -2.56. The third-order valence-electron chi connectivity index (χ3n) is 7.29. The van der Waals surface area contributed by atoms with Crippen LogP contribution in [0.1, 0.15) is 57.2 Å². The molecule has 8 heteroatoms. The molecule has 1 aliphatic rings. The second-order valence-corrected chi connectivity index (χ2v) is 11.2. The fourth-order valence-corrected chi connectivity index (χ4v) is 5.12. The Labute approximate surface area is 219 Å². The summed E-state index contributed by atoms with van der Waals surface area (Å²) in [5.74, 6) is -1.72. The van der Waals surface area contributed by atoms with Crippen LogP contribution < -0.4 is 10.6 Å². The van der Waals surface area contributed by atoms with Crippen molar-refractivity contribution in [1.29, 1.82) is 0 Å². The number of aliphatic hydroxyl groups is 2. The van der Waals surface area contributed by atoms with Gasteiger partial charge in [0.1, 0.15) is 11.6 Å². The Kier molecular flexibility index (Phi) is 9.80. The molecule has 0 radical (unpaired) electrons. The summed E-state index contributed by atoms with van der Waals surface area (Å²) in [6.45, 7) is 10.4. The zero-order valence-corrected chi connectivity index (χ0v) is 22.4. The Bertz CT molecular complexity index is 1030. The topological polar surface area (TPSA) is 84.8 Å². The van der Waals surface area contributed by atoms with Crippen LogP contribution >= 0.6 is 0 Å². The van der Waals surface area contributed by atoms with Gasteiger partial charge in [0.15, 0.2) is 0 Å². The van der Waals surface area contributed by atoms with Gasteiger partial charge >= 0.3 is 0 Å². The molecule has 2 atom stereocenters. The van der Waals surface area contributed by atoms with Crippen molar-refractivity contribution in [3.05, 3.63) is 70.8 Å². The van der Waals surface area contributed by atoms with E-state index < -0.39 is 29.3 Å². The van der Waals surface area contributed by atoms with E-state index in [1.807, 2.05) is 0 Å². The molecule has 3 rings (SSSR count). The number of halogens is 2. The van der Waals surface area contributed by atoms with Crippen LogP contribution in [-0.4, -0.2) is 66.0 Å². The fraction of sp³-hybridized carbons (Fsp3) is 0.552. The van der Waals surface area contributed by atoms with E-state index in [2.05, 4.69) is 60.6 Å². The second kappa shape index (κ2) is 12.4. The van der Waals surface area contributed by atoms with Crippen LogP contribution in [-0.2, 0) is 22.2 Å². The Balaban J connectivity index is 1.83. The summed E-state index contributed by atoms with van der Waals surface area (Å²) in [7, 11) is 0. The number of β-amino-alcohol motifs (C(OH)–C–C–N with tert-alkyl or cyclic N) is 1. The van der Waals surface area contributed by atoms with Gasteiger partial charge < -0.3 is 25.7 Å². The third-order valence-corrected chi connectivity index (χ3v) is 7.29. The van der Waals surface area contributed by atoms with Crippen LogP contribution in [0.4, 0.5) is 8.78 Å². The van der Waals surface area contributed by atoms with Gasteiger partial charge in [0.05, 0.1) is 18.8 Å². The lowest BCUT2D eigenvalue weighted by Gasteiger charge is -2.44. The van der Waals surface area contributed by atoms with Crippen LogP contribution in [0.5, 0.6) is 0 Å². The molecule has 0 aromatic heterocycles. The van der Waals surface area contributed by atoms with Crippen molar-refractivity contribution in [3.8, 4) is 0 Å². The number of amides is 1. The molecule has 2 aromatic carbocycles. The van der Waals surface area contributed by atoms with E-state index in [0.29, 0.717) is 12.1 Å². The SMILES string of the molecule is CC(=O)N[C@@H](Cc1cc(F)cc(F)c1)[C@H](O)CNC1(c2cccc(C(C)(C)C)c2)CCN(CCO)CC1. The van der Waals surface area contributed by atoms with Crippen LogP contribution in [0.15, 0.2) is 42.5 Å². The smallest absolute Gasteiger partial charge is 0.217 e. The quantitative estimate of drug-likeness (QED) is 0.389. The van der Waals surface area contributed by atoms with E-state index >= 15 is 0 Å². The molecule has 0 bridgehead atoms. The average Bonchev–Trinajstić information content (AvgIpc) is 2.82. The van der Waals surface area contributed by atoms with E-state index in [-0.39, 0.29) is 30.9 Å². The summed E-state index contributed by atoms with van der Waals surface area (Å²) in [6, 6.07) is 11.0. The monoisotopic (exact) mass is 517 g/mol. The average molecular weight is 518 g/mol. The minimum Gasteiger partial charge on any atom is -0.395 e. The van der Waals surface area contributed by atoms with Crippen molar-refractivity contribution in [2.75, 3.05) is 32.8 Å². The number of hydrogen-bond acceptors (Lipinski definition) is 5. The predicted octanol–water partition coefficient (Wildman–Crippen LogP) is 3.24. The molecule has 204 valence electrons. The lowest BCUT2D eigenvalue weighted by molar-refractivity contribution is -0.120. The highest BCUT2D eigenvalue weighted by molar-refractivity contribution is 5.73. The minimum atomic E-state index is -0.992. The number of carbonyl (C=O) groups excluding carboxylic acids is 1. The first kappa shape index (κ1) is 29.2. The van der Waals surface area contributed by atoms with Crippen molar-refractivity contribution >= 4 is 5.91 Å². The zero-order chi connectivity index (χ0) is 27.2. The largest absolute Gasteiger partial charge is 0.395 e. The summed E-state index contributed by atoms with van der Waals surface area (Å²) in [5.41, 5.74) is 2.29. The normalized spacial score (nSPS) is 17.8. The maximum absolute atomic E-state index is 13.8. The standard InChI is InChI=1S/C29H41F2N3O3/c1-20(36)33-26(16-21-14-24(30)18-25(31)15-21)27(37)19-32-29(8-10-34(11-9-29)12-13-35)23-7-5-6-22(17-23)28(2,3)4/h5-7,14-15,17-18,26-27,32,35,37H,8-13,16,19H2,1-4H3,(H,33,36)/t26-,27+/m0/s1. The molecule has 1 saturated heterocycles. The molecular formula is C29H41F2N3O3. The number of benzene rings is 2. The third kappa shape index (κ3) is 8.04. The van der Waals surface area contributed by atoms with E-state index in [1.54, 1.807) is 0 Å². The summed E-state index contributed by atoms with van der Waals surface area (Å²) in [4.78, 5) is 14.1. The molecule has 6 nitrogen and oxygen atoms in total. The summed E-state index contributed by atoms with van der Waals surface area (Å²) in [5, 5.41) is 26.9. The van der Waals surface area contributed by atoms with Gasteiger partial charge in [-0.3, -0.25) is 4.79 Å². The molecule has 0 aliphatic carbocycles. The molecule has 1 heterocycles. The number of rotatable bonds is 10. The number of likely N-dealkylation sites (tertiary alicyclic amines) is 1. The van der Waals surface area contributed by atoms with Gasteiger partial charge in [0.25, 0.3) is 0 Å². The van der Waals surface area contributed by atoms with Crippen molar-refractivity contribution in [2.24, 2.45) is 0 Å². The fourth-order valence-electron chi connectivity index (χ4n) is 5.12. The Morgan fingerprint density at radius 2 is 1.76 bits per heavy atom. The first-order valence-corrected chi connectivity index (χ1v) is 13.0. The Morgan fingerprint density at radius 1 is 1.11 bits per heavy atom. The summed E-state index contributed by atoms with van der Waals surface area (Å²) < 4.78 is 27.5. The molecule has 0 spiro atoms. The molecule has 0 saturated carbocycles. The molecule has 1 amide bonds. The summed E-state index contributed by atoms with van der Waals surface area (Å²) in [6.07, 6.45) is 0.669. The van der Waals surface area contributed by atoms with Gasteiger partial charge in [0.2, 0.25) is 5.91 Å². The Morgan fingerprint density at radius 3 is 2.32 bits per heavy atom. The molecule has 0 unspecified atom stereocenters. The van der Waals surface area contributed by atoms with Gasteiger partial charge in [-0.1, -0.05) is 45.0 Å². The van der Waals surface area contributed by atoms with Crippen molar-refractivity contribution < 1.29 is 23.8 Å². The number of nitrogens with one attached hydrogen (secondary N) is 2. The number of hydrogen-bond donors (Lipinski definition) is 4. The lowest BCUT2D eigenvalue weighted by atomic mass is 9.77. The summed E-state index contributed by atoms with van der Waals surface area (Å²) >= 11 is 0. The molecule has 4 N–H and O–H groups in total. The van der Waals surface area contributed by atoms with Gasteiger partial charge in [0, 0.05) is 44.7 Å². The molecular weight excluding hydrogens is 476 g/mol. The van der Waals surface area contributed by atoms with E-state index in [4.69, 9.17) is 0 Å². The zero-order valence-electron chi connectivity index (χ0n) is 22.4. The highest BCUT2D eigenvalue weighted by Gasteiger charge is 2.37. The molecule has 2 aromatic rings. The van der Waals surface area contributed by atoms with E-state index in [1.165, 1.54) is 24.6 Å². The van der Waals surface area contributed by atoms with Crippen LogP contribution in [0.3, 0.4) is 0 Å². The number of aliphatic hydroxyl groups excluding tert-OH is 2. The minimum absolute atomic E-state index is 0.0228. The van der Waals surface area contributed by atoms with Gasteiger partial charge in [-0.15, -0.1) is 0 Å². The van der Waals surface area contributed by atoms with Crippen LogP contribution in [0.25, 0.3) is 0 Å². The van der Waals surface area contributed by atoms with Crippen molar-refractivity contribution in [2.45, 2.75) is 70.1 Å². The van der Waals surface area contributed by atoms with Crippen molar-refractivity contribution in [1.82, 2.24) is 15.5 Å². The molecule has 1 aliphatic heterocycles. The van der Waals surface area contributed by atoms with Gasteiger partial charge in [-0.25, -0.2) is 8.78 Å². The maximum atomic E-state index is 13.8. The van der Waals surface area contributed by atoms with Gasteiger partial charge in [-0.2, -0.15) is 0 Å². The first-order chi connectivity index (χ1) is 17.4. The number of carbonyl (C=O) groups is 1. The second-order valence-electron chi connectivity index (χ2n) is 11.2. The van der Waals surface area contributed by atoms with Crippen LogP contribution in [0, 0.1) is 11.6 Å². The van der Waals surface area contributed by atoms with Gasteiger partial charge in [-0.05, 0) is 53.5 Å². The number of nitrogens with zero attached hydrogens (tertiary/aromatic N) is 1. The van der Waals surface area contributed by atoms with Crippen molar-refractivity contribution in [3.63, 3.8) is 0 Å².